The van der Waals surface area contributed by atoms with E-state index in [1.54, 1.807) is 0 Å². The third kappa shape index (κ3) is 12.8. The third-order valence-electron chi connectivity index (χ3n) is 33.5. The molecule has 0 bridgehead atoms. The summed E-state index contributed by atoms with van der Waals surface area (Å²) in [6.07, 6.45) is 0. The van der Waals surface area contributed by atoms with Crippen molar-refractivity contribution in [1.29, 1.82) is 0 Å². The van der Waals surface area contributed by atoms with Crippen molar-refractivity contribution < 1.29 is 0 Å². The van der Waals surface area contributed by atoms with E-state index in [4.69, 9.17) is 0 Å². The van der Waals surface area contributed by atoms with Crippen LogP contribution in [0.15, 0.2) is 558 Å². The molecule has 0 radical (unpaired) electrons. The van der Waals surface area contributed by atoms with Gasteiger partial charge in [-0.15, -0.1) is 0 Å². The second-order valence-corrected chi connectivity index (χ2v) is 41.0. The second kappa shape index (κ2) is 33.6. The molecule has 150 heavy (non-hydrogen) atoms. The first-order valence-electron chi connectivity index (χ1n) is 52.3. The molecular formula is C148H92N2. The van der Waals surface area contributed by atoms with E-state index >= 15 is 0 Å². The van der Waals surface area contributed by atoms with Gasteiger partial charge in [0.25, 0.3) is 0 Å². The number of anilines is 6. The summed E-state index contributed by atoms with van der Waals surface area (Å²) in [4.78, 5) is 5.09. The lowest BCUT2D eigenvalue weighted by Crippen LogP contribution is -2.26. The zero-order valence-corrected chi connectivity index (χ0v) is 82.0. The number of hydrogen-bond acceptors (Lipinski definition) is 2. The first-order valence-corrected chi connectivity index (χ1v) is 52.3. The molecule has 694 valence electrons. The van der Waals surface area contributed by atoms with Crippen LogP contribution in [0.5, 0.6) is 0 Å². The first-order chi connectivity index (χ1) is 74.4. The van der Waals surface area contributed by atoms with Crippen molar-refractivity contribution in [2.24, 2.45) is 0 Å². The van der Waals surface area contributed by atoms with Gasteiger partial charge in [-0.3, -0.25) is 0 Å². The topological polar surface area (TPSA) is 6.48 Å². The average Bonchev–Trinajstić information content (AvgIpc) is 1.51. The lowest BCUT2D eigenvalue weighted by molar-refractivity contribution is 0.794. The number of hydrogen-bond donors (Lipinski definition) is 0. The molecule has 4 aliphatic carbocycles. The van der Waals surface area contributed by atoms with Gasteiger partial charge < -0.3 is 9.80 Å². The van der Waals surface area contributed by atoms with Crippen LogP contribution in [0.2, 0.25) is 0 Å². The van der Waals surface area contributed by atoms with Crippen molar-refractivity contribution in [2.45, 2.75) is 10.8 Å². The Labute approximate surface area is 869 Å². The summed E-state index contributed by atoms with van der Waals surface area (Å²) in [6.45, 7) is 0. The first kappa shape index (κ1) is 85.1. The molecule has 2 spiro atoms. The molecular weight excluding hydrogens is 1810 g/mol. The highest BCUT2D eigenvalue weighted by Gasteiger charge is 2.54. The standard InChI is InChI=1S/C75H47N.C73H45N/c1-2-16-48(17-3-1)49-36-39-55(40-37-49)76(56-41-43-63-61-22-7-6-20-59(61)60-21-8-9-23-62(60)68(63)45-56)74-47-73-69(66-26-12-15-29-72(66)75(73)70-27-13-10-24-64(70)65-25-11-14-28-71(65)75)46-67(74)52-32-30-50(31-33-52)53-38-42-58-54(44-53)35-34-51-18-4-5-19-57(51)58;1-2-17-50-42-53(37-35-46(50)15-1)74(54-38-40-61-59-21-6-5-19-57(59)58-20-7-8-22-60(58)66(61)43-54)72-45-71-67(64-25-11-14-28-70(64)73(71)68-26-12-9-23-62(68)63-24-10-13-27-69(63)73)44-65(72)49-31-29-47(30-32-49)51-36-39-56-52(41-51)34-33-48-16-3-4-18-55(48)56/h1-47H;1-45H. The molecule has 0 saturated carbocycles. The Morgan fingerprint density at radius 2 is 0.347 bits per heavy atom. The smallest absolute Gasteiger partial charge is 0.0726 e. The van der Waals surface area contributed by atoms with Crippen molar-refractivity contribution in [3.63, 3.8) is 0 Å². The average molecular weight is 1900 g/mol. The zero-order chi connectivity index (χ0) is 98.4. The summed E-state index contributed by atoms with van der Waals surface area (Å²) in [5.74, 6) is 0. The molecule has 4 aliphatic rings. The van der Waals surface area contributed by atoms with Crippen LogP contribution in [-0.4, -0.2) is 0 Å². The second-order valence-electron chi connectivity index (χ2n) is 41.0. The van der Waals surface area contributed by atoms with Crippen LogP contribution in [0.3, 0.4) is 0 Å². The van der Waals surface area contributed by atoms with Gasteiger partial charge in [-0.1, -0.05) is 473 Å². The molecule has 2 nitrogen and oxygen atoms in total. The molecule has 0 aromatic heterocycles. The Morgan fingerprint density at radius 3 is 0.740 bits per heavy atom. The van der Waals surface area contributed by atoms with E-state index in [-0.39, 0.29) is 0 Å². The van der Waals surface area contributed by atoms with Crippen molar-refractivity contribution >= 4 is 153 Å². The molecule has 28 aromatic rings. The Morgan fingerprint density at radius 1 is 0.107 bits per heavy atom. The molecule has 0 amide bonds. The van der Waals surface area contributed by atoms with Crippen LogP contribution >= 0.6 is 0 Å². The molecule has 0 aliphatic heterocycles. The predicted molar refractivity (Wildman–Crippen MR) is 635 cm³/mol. The van der Waals surface area contributed by atoms with Crippen LogP contribution in [0.25, 0.3) is 219 Å². The summed E-state index contributed by atoms with van der Waals surface area (Å²) in [6, 6.07) is 210. The summed E-state index contributed by atoms with van der Waals surface area (Å²) < 4.78 is 0. The van der Waals surface area contributed by atoms with Crippen LogP contribution < -0.4 is 9.80 Å². The summed E-state index contributed by atoms with van der Waals surface area (Å²) in [5, 5.41) is 27.6. The monoisotopic (exact) mass is 1900 g/mol. The molecule has 0 atom stereocenters. The number of rotatable bonds is 11. The summed E-state index contributed by atoms with van der Waals surface area (Å²) >= 11 is 0. The highest BCUT2D eigenvalue weighted by molar-refractivity contribution is 6.28. The lowest BCUT2D eigenvalue weighted by Gasteiger charge is -2.33. The fourth-order valence-corrected chi connectivity index (χ4v) is 26.8. The molecule has 0 unspecified atom stereocenters. The van der Waals surface area contributed by atoms with Crippen molar-refractivity contribution in [2.75, 3.05) is 9.80 Å². The third-order valence-corrected chi connectivity index (χ3v) is 33.5. The van der Waals surface area contributed by atoms with E-state index in [2.05, 4.69) is 568 Å². The molecule has 0 N–H and O–H groups in total. The van der Waals surface area contributed by atoms with Crippen molar-refractivity contribution in [1.82, 2.24) is 0 Å². The van der Waals surface area contributed by atoms with Gasteiger partial charge >= 0.3 is 0 Å². The number of nitrogens with zero attached hydrogens (tertiary/aromatic N) is 2. The maximum Gasteiger partial charge on any atom is 0.0726 e. The van der Waals surface area contributed by atoms with Gasteiger partial charge in [-0.25, -0.2) is 0 Å². The van der Waals surface area contributed by atoms with Gasteiger partial charge in [0.1, 0.15) is 0 Å². The van der Waals surface area contributed by atoms with Gasteiger partial charge in [-0.2, -0.15) is 0 Å². The van der Waals surface area contributed by atoms with Crippen LogP contribution in [0, 0.1) is 0 Å². The summed E-state index contributed by atoms with van der Waals surface area (Å²) in [7, 11) is 0. The van der Waals surface area contributed by atoms with Gasteiger partial charge in [0.05, 0.1) is 22.2 Å². The largest absolute Gasteiger partial charge is 0.310 e. The van der Waals surface area contributed by atoms with Gasteiger partial charge in [0.15, 0.2) is 0 Å². The molecule has 0 saturated heterocycles. The van der Waals surface area contributed by atoms with Crippen LogP contribution in [0.1, 0.15) is 44.5 Å². The van der Waals surface area contributed by atoms with E-state index in [1.807, 2.05) is 0 Å². The van der Waals surface area contributed by atoms with Gasteiger partial charge in [0, 0.05) is 33.9 Å². The maximum atomic E-state index is 2.57. The fourth-order valence-electron chi connectivity index (χ4n) is 26.8. The number of benzene rings is 28. The minimum absolute atomic E-state index is 0.523. The van der Waals surface area contributed by atoms with Gasteiger partial charge in [-0.05, 0) is 337 Å². The highest BCUT2D eigenvalue weighted by Crippen LogP contribution is 2.67. The predicted octanol–water partition coefficient (Wildman–Crippen LogP) is 40.0. The highest BCUT2D eigenvalue weighted by atomic mass is 15.2. The molecule has 32 rings (SSSR count). The molecule has 0 fully saturated rings. The minimum atomic E-state index is -0.529. The normalized spacial score (nSPS) is 12.9. The van der Waals surface area contributed by atoms with E-state index in [1.165, 1.54) is 246 Å². The van der Waals surface area contributed by atoms with Gasteiger partial charge in [0.2, 0.25) is 0 Å². The minimum Gasteiger partial charge on any atom is -0.310 e. The van der Waals surface area contributed by atoms with Crippen molar-refractivity contribution in [3.05, 3.63) is 603 Å². The zero-order valence-electron chi connectivity index (χ0n) is 82.0. The fraction of sp³-hybridized carbons (Fsp3) is 0.0135. The maximum absolute atomic E-state index is 2.57. The van der Waals surface area contributed by atoms with E-state index < -0.39 is 10.8 Å². The summed E-state index contributed by atoms with van der Waals surface area (Å²) in [5.41, 5.74) is 38.3. The van der Waals surface area contributed by atoms with Crippen LogP contribution in [0.4, 0.5) is 34.1 Å². The lowest BCUT2D eigenvalue weighted by atomic mass is 9.70. The Bertz CT molecular complexity index is 10400. The Balaban J connectivity index is 0.000000135. The molecule has 28 aromatic carbocycles. The van der Waals surface area contributed by atoms with E-state index in [9.17, 15) is 0 Å². The van der Waals surface area contributed by atoms with E-state index in [0.717, 1.165) is 50.8 Å². The molecule has 2 heteroatoms. The molecule has 0 heterocycles. The Kier molecular flexibility index (Phi) is 19.1. The Hall–Kier alpha value is -19.4. The quantitative estimate of drug-likeness (QED) is 0.119. The van der Waals surface area contributed by atoms with Crippen molar-refractivity contribution in [3.8, 4) is 100 Å². The number of fused-ring (bicyclic) bond motifs is 39. The van der Waals surface area contributed by atoms with Crippen LogP contribution in [-0.2, 0) is 10.8 Å². The van der Waals surface area contributed by atoms with E-state index in [0.29, 0.717) is 0 Å². The SMILES string of the molecule is c1ccc(-c2ccc(N(c3ccc4c5ccccc5c5ccccc5c4c3)c3cc4c(cc3-c3ccc(-c5ccc6c(ccc7ccccc76)c5)cc3)-c3ccccc3C43c4ccccc4-c4ccccc43)cc2)cc1.c1ccc2c(c1)-c1ccccc1C21c2ccccc2-c2cc(-c3ccc(-c4ccc5c(ccc6ccccc65)c4)cc3)c(N(c3ccc4ccccc4c3)c3ccc4c5ccccc5c5ccccc5c4c3)cc21.